The number of nitrogen functional groups attached to an aromatic ring is 1. The molecule has 0 radical (unpaired) electrons. The van der Waals surface area contributed by atoms with Crippen molar-refractivity contribution in [2.24, 2.45) is 0 Å². The molecular weight excluding hydrogens is 577 g/mol. The normalized spacial score (nSPS) is 20.9. The topological polar surface area (TPSA) is 140 Å². The summed E-state index contributed by atoms with van der Waals surface area (Å²) in [4.78, 5) is 41.5. The van der Waals surface area contributed by atoms with Crippen LogP contribution in [0.3, 0.4) is 0 Å². The molecule has 3 aliphatic rings. The number of piperidine rings is 1. The second-order valence-corrected chi connectivity index (χ2v) is 11.5. The molecule has 14 heteroatoms. The van der Waals surface area contributed by atoms with Crippen LogP contribution in [0.4, 0.5) is 24.8 Å². The first kappa shape index (κ1) is 28.1. The molecule has 1 aromatic carbocycles. The van der Waals surface area contributed by atoms with E-state index in [0.29, 0.717) is 29.1 Å². The Balaban J connectivity index is 1.21. The molecule has 4 aromatic rings. The summed E-state index contributed by atoms with van der Waals surface area (Å²) in [5, 5.41) is 5.87. The zero-order valence-corrected chi connectivity index (χ0v) is 23.7. The van der Waals surface area contributed by atoms with Gasteiger partial charge in [0.05, 0.1) is 18.2 Å². The molecule has 1 saturated carbocycles. The lowest BCUT2D eigenvalue weighted by Gasteiger charge is -2.45. The lowest BCUT2D eigenvalue weighted by atomic mass is 9.89. The highest BCUT2D eigenvalue weighted by Crippen LogP contribution is 2.44. The van der Waals surface area contributed by atoms with Crippen LogP contribution in [0.5, 0.6) is 5.75 Å². The fourth-order valence-electron chi connectivity index (χ4n) is 6.33. The SMILES string of the molecule is COc1cc(C(=O)Nc2cc(C(F)(F)F)ccn2)ccc1-c1nc([C@@H]2CC[C@H]3CNC4(CC4)C(=O)N3C2)n2ccnc(N)c12. The quantitative estimate of drug-likeness (QED) is 0.311. The zero-order valence-electron chi connectivity index (χ0n) is 23.7. The molecule has 228 valence electrons. The number of halogens is 3. The molecule has 2 amide bonds. The third kappa shape index (κ3) is 4.69. The van der Waals surface area contributed by atoms with Crippen molar-refractivity contribution in [1.29, 1.82) is 0 Å². The first-order valence-electron chi connectivity index (χ1n) is 14.3. The summed E-state index contributed by atoms with van der Waals surface area (Å²) in [5.41, 5.74) is 6.81. The molecule has 0 unspecified atom stereocenters. The van der Waals surface area contributed by atoms with Gasteiger partial charge in [-0.2, -0.15) is 13.2 Å². The number of anilines is 2. The van der Waals surface area contributed by atoms with E-state index in [9.17, 15) is 22.8 Å². The summed E-state index contributed by atoms with van der Waals surface area (Å²) in [6.45, 7) is 1.34. The van der Waals surface area contributed by atoms with Gasteiger partial charge in [0, 0.05) is 54.8 Å². The number of alkyl halides is 3. The molecule has 3 fully saturated rings. The number of carbonyl (C=O) groups excluding carboxylic acids is 2. The minimum atomic E-state index is -4.57. The Morgan fingerprint density at radius 3 is 2.73 bits per heavy atom. The number of hydrogen-bond donors (Lipinski definition) is 3. The minimum absolute atomic E-state index is 0.0387. The zero-order chi connectivity index (χ0) is 30.8. The largest absolute Gasteiger partial charge is 0.496 e. The van der Waals surface area contributed by atoms with Crippen LogP contribution < -0.4 is 21.1 Å². The van der Waals surface area contributed by atoms with E-state index in [4.69, 9.17) is 15.5 Å². The van der Waals surface area contributed by atoms with Gasteiger partial charge in [0.25, 0.3) is 5.91 Å². The number of piperazine rings is 1. The maximum absolute atomic E-state index is 13.3. The number of aromatic nitrogens is 4. The average Bonchev–Trinajstić information content (AvgIpc) is 3.69. The molecule has 11 nitrogen and oxygen atoms in total. The third-order valence-corrected chi connectivity index (χ3v) is 8.83. The van der Waals surface area contributed by atoms with Crippen LogP contribution in [0.25, 0.3) is 16.8 Å². The monoisotopic (exact) mass is 606 g/mol. The number of rotatable bonds is 5. The van der Waals surface area contributed by atoms with Crippen molar-refractivity contribution in [3.8, 4) is 17.0 Å². The van der Waals surface area contributed by atoms with Gasteiger partial charge < -0.3 is 26.0 Å². The Hall–Kier alpha value is -4.72. The predicted octanol–water partition coefficient (Wildman–Crippen LogP) is 3.86. The second kappa shape index (κ2) is 10.2. The van der Waals surface area contributed by atoms with Gasteiger partial charge in [-0.05, 0) is 56.0 Å². The second-order valence-electron chi connectivity index (χ2n) is 11.5. The van der Waals surface area contributed by atoms with Gasteiger partial charge in [0.2, 0.25) is 5.91 Å². The lowest BCUT2D eigenvalue weighted by molar-refractivity contribution is -0.142. The summed E-state index contributed by atoms with van der Waals surface area (Å²) < 4.78 is 46.9. The van der Waals surface area contributed by atoms with Crippen molar-refractivity contribution in [2.75, 3.05) is 31.2 Å². The van der Waals surface area contributed by atoms with Gasteiger partial charge in [0.1, 0.15) is 34.4 Å². The van der Waals surface area contributed by atoms with Gasteiger partial charge in [-0.15, -0.1) is 0 Å². The van der Waals surface area contributed by atoms with Gasteiger partial charge in [0.15, 0.2) is 0 Å². The minimum Gasteiger partial charge on any atom is -0.496 e. The number of fused-ring (bicyclic) bond motifs is 2. The Morgan fingerprint density at radius 1 is 1.16 bits per heavy atom. The molecule has 7 rings (SSSR count). The summed E-state index contributed by atoms with van der Waals surface area (Å²) in [7, 11) is 1.45. The lowest BCUT2D eigenvalue weighted by Crippen LogP contribution is -2.63. The van der Waals surface area contributed by atoms with Crippen LogP contribution in [0, 0.1) is 0 Å². The van der Waals surface area contributed by atoms with Gasteiger partial charge in [-0.25, -0.2) is 15.0 Å². The molecule has 0 bridgehead atoms. The van der Waals surface area contributed by atoms with Crippen LogP contribution in [-0.2, 0) is 11.0 Å². The van der Waals surface area contributed by atoms with E-state index in [2.05, 4.69) is 20.6 Å². The number of methoxy groups -OCH3 is 1. The Kier molecular flexibility index (Phi) is 6.50. The summed E-state index contributed by atoms with van der Waals surface area (Å²) in [5.74, 6) is 0.537. The number of imidazole rings is 1. The predicted molar refractivity (Wildman–Crippen MR) is 154 cm³/mol. The number of hydrogen-bond acceptors (Lipinski definition) is 8. The Bertz CT molecular complexity index is 1800. The molecule has 1 aliphatic carbocycles. The maximum Gasteiger partial charge on any atom is 0.416 e. The molecular formula is C30H29F3N8O3. The maximum atomic E-state index is 13.3. The molecule has 2 aliphatic heterocycles. The fraction of sp³-hybridized carbons (Fsp3) is 0.367. The number of carbonyl (C=O) groups is 2. The number of pyridine rings is 1. The summed E-state index contributed by atoms with van der Waals surface area (Å²) in [6, 6.07) is 6.41. The van der Waals surface area contributed by atoms with E-state index in [1.165, 1.54) is 19.2 Å². The van der Waals surface area contributed by atoms with E-state index >= 15 is 0 Å². The van der Waals surface area contributed by atoms with Crippen molar-refractivity contribution in [3.05, 3.63) is 65.9 Å². The number of amides is 2. The highest BCUT2D eigenvalue weighted by Gasteiger charge is 2.56. The van der Waals surface area contributed by atoms with Gasteiger partial charge in [-0.1, -0.05) is 0 Å². The smallest absolute Gasteiger partial charge is 0.416 e. The van der Waals surface area contributed by atoms with Gasteiger partial charge >= 0.3 is 6.18 Å². The highest BCUT2D eigenvalue weighted by atomic mass is 19.4. The number of nitrogens with zero attached hydrogens (tertiary/aromatic N) is 5. The Morgan fingerprint density at radius 2 is 1.98 bits per heavy atom. The van der Waals surface area contributed by atoms with Crippen LogP contribution in [-0.4, -0.2) is 67.8 Å². The highest BCUT2D eigenvalue weighted by molar-refractivity contribution is 6.04. The molecule has 44 heavy (non-hydrogen) atoms. The van der Waals surface area contributed by atoms with E-state index < -0.39 is 23.2 Å². The van der Waals surface area contributed by atoms with Crippen molar-refractivity contribution in [1.82, 2.24) is 29.6 Å². The third-order valence-electron chi connectivity index (χ3n) is 8.83. The van der Waals surface area contributed by atoms with E-state index in [1.807, 2.05) is 9.30 Å². The van der Waals surface area contributed by atoms with Crippen LogP contribution in [0.1, 0.15) is 53.3 Å². The number of benzene rings is 1. The van der Waals surface area contributed by atoms with Gasteiger partial charge in [-0.3, -0.25) is 14.0 Å². The number of nitrogens with one attached hydrogen (secondary N) is 2. The molecule has 1 spiro atoms. The first-order chi connectivity index (χ1) is 21.1. The fourth-order valence-corrected chi connectivity index (χ4v) is 6.33. The average molecular weight is 607 g/mol. The molecule has 2 saturated heterocycles. The van der Waals surface area contributed by atoms with Crippen molar-refractivity contribution in [3.63, 3.8) is 0 Å². The number of ether oxygens (including phenoxy) is 1. The summed E-state index contributed by atoms with van der Waals surface area (Å²) >= 11 is 0. The summed E-state index contributed by atoms with van der Waals surface area (Å²) in [6.07, 6.45) is 3.21. The van der Waals surface area contributed by atoms with Crippen LogP contribution in [0.2, 0.25) is 0 Å². The molecule has 2 atom stereocenters. The Labute approximate surface area is 249 Å². The van der Waals surface area contributed by atoms with E-state index in [-0.39, 0.29) is 35.1 Å². The van der Waals surface area contributed by atoms with Crippen molar-refractivity contribution >= 4 is 29.0 Å². The molecule has 5 heterocycles. The van der Waals surface area contributed by atoms with Crippen LogP contribution in [0.15, 0.2) is 48.9 Å². The van der Waals surface area contributed by atoms with E-state index in [0.717, 1.165) is 56.4 Å². The van der Waals surface area contributed by atoms with Crippen LogP contribution >= 0.6 is 0 Å². The standard InChI is InChI=1S/C30H29F3N8O3/c1-44-21-12-16(27(42)38-22-13-18(6-9-35-22)30(31,32)33)3-5-20(21)23-24-25(34)36-10-11-40(24)26(39-23)17-2-4-19-14-37-29(7-8-29)28(43)41(19)15-17/h3,5-6,9-13,17,19,37H,2,4,7-8,14-15H2,1H3,(H2,34,36)(H,35,38,42)/t17-,19+/m1/s1. The molecule has 4 N–H and O–H groups in total. The first-order valence-corrected chi connectivity index (χ1v) is 14.3. The van der Waals surface area contributed by atoms with E-state index in [1.54, 1.807) is 18.5 Å². The van der Waals surface area contributed by atoms with Crippen molar-refractivity contribution < 1.29 is 27.5 Å². The molecule has 3 aromatic heterocycles. The number of nitrogens with two attached hydrogens (primary N) is 1. The van der Waals surface area contributed by atoms with Crippen molar-refractivity contribution in [2.45, 2.75) is 49.4 Å².